The zero-order chi connectivity index (χ0) is 15.0. The molecule has 0 saturated carbocycles. The summed E-state index contributed by atoms with van der Waals surface area (Å²) in [4.78, 5) is 0. The number of sulfonamides is 1. The lowest BCUT2D eigenvalue weighted by atomic mass is 10.0. The molecule has 116 valence electrons. The Morgan fingerprint density at radius 1 is 1.38 bits per heavy atom. The van der Waals surface area contributed by atoms with Gasteiger partial charge in [-0.2, -0.15) is 0 Å². The third-order valence-corrected chi connectivity index (χ3v) is 6.63. The van der Waals surface area contributed by atoms with Crippen LogP contribution in [0.25, 0.3) is 0 Å². The van der Waals surface area contributed by atoms with Crippen molar-refractivity contribution in [3.8, 4) is 0 Å². The summed E-state index contributed by atoms with van der Waals surface area (Å²) >= 11 is 0. The fraction of sp³-hybridized carbons (Fsp3) is 0.625. The highest BCUT2D eigenvalue weighted by Gasteiger charge is 2.30. The molecule has 1 aliphatic carbocycles. The van der Waals surface area contributed by atoms with Gasteiger partial charge in [0, 0.05) is 25.7 Å². The lowest BCUT2D eigenvalue weighted by Gasteiger charge is -2.21. The standard InChI is InChI=1S/C16H24N2O2S/c1-12-4-5-14-11-13(2)16(15(14)10-12)17-6-8-18-7-3-9-21(18,19)20/h4-5,10,13,16-17H,3,6-9,11H2,1-2H3. The van der Waals surface area contributed by atoms with Crippen molar-refractivity contribution in [2.45, 2.75) is 32.7 Å². The average molecular weight is 308 g/mol. The van der Waals surface area contributed by atoms with Crippen molar-refractivity contribution in [1.29, 1.82) is 0 Å². The van der Waals surface area contributed by atoms with Crippen LogP contribution < -0.4 is 5.32 Å². The molecule has 0 spiro atoms. The first kappa shape index (κ1) is 15.0. The molecule has 1 aromatic rings. The van der Waals surface area contributed by atoms with Crippen LogP contribution in [0.1, 0.15) is 36.1 Å². The predicted molar refractivity (Wildman–Crippen MR) is 84.8 cm³/mol. The van der Waals surface area contributed by atoms with Crippen LogP contribution >= 0.6 is 0 Å². The van der Waals surface area contributed by atoms with Gasteiger partial charge < -0.3 is 5.32 Å². The molecule has 0 bridgehead atoms. The number of nitrogens with one attached hydrogen (secondary N) is 1. The van der Waals surface area contributed by atoms with Gasteiger partial charge in [0.2, 0.25) is 10.0 Å². The van der Waals surface area contributed by atoms with Gasteiger partial charge in [0.15, 0.2) is 0 Å². The summed E-state index contributed by atoms with van der Waals surface area (Å²) < 4.78 is 25.2. The van der Waals surface area contributed by atoms with Crippen molar-refractivity contribution in [3.63, 3.8) is 0 Å². The maximum atomic E-state index is 11.8. The molecule has 1 aliphatic heterocycles. The van der Waals surface area contributed by atoms with Gasteiger partial charge in [-0.05, 0) is 36.8 Å². The van der Waals surface area contributed by atoms with E-state index in [9.17, 15) is 8.42 Å². The molecular weight excluding hydrogens is 284 g/mol. The van der Waals surface area contributed by atoms with E-state index in [-0.39, 0.29) is 0 Å². The predicted octanol–water partition coefficient (Wildman–Crippen LogP) is 1.85. The van der Waals surface area contributed by atoms with Crippen LogP contribution in [-0.2, 0) is 16.4 Å². The zero-order valence-corrected chi connectivity index (χ0v) is 13.6. The minimum atomic E-state index is -2.97. The summed E-state index contributed by atoms with van der Waals surface area (Å²) in [7, 11) is -2.97. The zero-order valence-electron chi connectivity index (χ0n) is 12.8. The van der Waals surface area contributed by atoms with E-state index in [2.05, 4.69) is 37.4 Å². The summed E-state index contributed by atoms with van der Waals surface area (Å²) in [5.41, 5.74) is 4.11. The molecule has 1 heterocycles. The first-order valence-electron chi connectivity index (χ1n) is 7.78. The Morgan fingerprint density at radius 2 is 2.19 bits per heavy atom. The lowest BCUT2D eigenvalue weighted by Crippen LogP contribution is -2.35. The fourth-order valence-electron chi connectivity index (χ4n) is 3.56. The molecule has 0 radical (unpaired) electrons. The van der Waals surface area contributed by atoms with Crippen molar-refractivity contribution >= 4 is 10.0 Å². The third-order valence-electron chi connectivity index (χ3n) is 4.68. The highest BCUT2D eigenvalue weighted by molar-refractivity contribution is 7.89. The Bertz CT molecular complexity index is 627. The van der Waals surface area contributed by atoms with Crippen LogP contribution in [0.5, 0.6) is 0 Å². The SMILES string of the molecule is Cc1ccc2c(c1)C(NCCN1CCCS1(=O)=O)C(C)C2. The Balaban J connectivity index is 1.63. The first-order valence-corrected chi connectivity index (χ1v) is 9.39. The summed E-state index contributed by atoms with van der Waals surface area (Å²) in [5.74, 6) is 0.881. The van der Waals surface area contributed by atoms with Gasteiger partial charge in [0.1, 0.15) is 0 Å². The van der Waals surface area contributed by atoms with E-state index in [1.807, 2.05) is 0 Å². The quantitative estimate of drug-likeness (QED) is 0.923. The second kappa shape index (κ2) is 5.71. The van der Waals surface area contributed by atoms with Gasteiger partial charge in [-0.1, -0.05) is 30.7 Å². The van der Waals surface area contributed by atoms with Crippen LogP contribution in [0.3, 0.4) is 0 Å². The third kappa shape index (κ3) is 3.00. The van der Waals surface area contributed by atoms with E-state index in [0.717, 1.165) is 19.4 Å². The molecule has 1 fully saturated rings. The van der Waals surface area contributed by atoms with Crippen molar-refractivity contribution in [1.82, 2.24) is 9.62 Å². The second-order valence-electron chi connectivity index (χ2n) is 6.38. The summed E-state index contributed by atoms with van der Waals surface area (Å²) in [6.45, 7) is 6.38. The van der Waals surface area contributed by atoms with Crippen LogP contribution in [0.4, 0.5) is 0 Å². The van der Waals surface area contributed by atoms with Gasteiger partial charge in [-0.15, -0.1) is 0 Å². The maximum Gasteiger partial charge on any atom is 0.214 e. The van der Waals surface area contributed by atoms with Crippen LogP contribution in [0.2, 0.25) is 0 Å². The second-order valence-corrected chi connectivity index (χ2v) is 8.47. The summed E-state index contributed by atoms with van der Waals surface area (Å²) in [5, 5.41) is 3.57. The van der Waals surface area contributed by atoms with Gasteiger partial charge in [-0.25, -0.2) is 12.7 Å². The molecular formula is C16H24N2O2S. The number of aryl methyl sites for hydroxylation is 1. The molecule has 2 aliphatic rings. The van der Waals surface area contributed by atoms with Crippen molar-refractivity contribution < 1.29 is 8.42 Å². The van der Waals surface area contributed by atoms with E-state index in [0.29, 0.717) is 30.8 Å². The van der Waals surface area contributed by atoms with Crippen molar-refractivity contribution in [2.75, 3.05) is 25.4 Å². The molecule has 3 rings (SSSR count). The molecule has 1 saturated heterocycles. The molecule has 1 N–H and O–H groups in total. The van der Waals surface area contributed by atoms with Gasteiger partial charge in [-0.3, -0.25) is 0 Å². The normalized spacial score (nSPS) is 27.9. The molecule has 4 nitrogen and oxygen atoms in total. The summed E-state index contributed by atoms with van der Waals surface area (Å²) in [6, 6.07) is 7.02. The Morgan fingerprint density at radius 3 is 2.90 bits per heavy atom. The molecule has 0 amide bonds. The Hall–Kier alpha value is -0.910. The highest BCUT2D eigenvalue weighted by atomic mass is 32.2. The first-order chi connectivity index (χ1) is 9.97. The maximum absolute atomic E-state index is 11.8. The van der Waals surface area contributed by atoms with Crippen LogP contribution in [0, 0.1) is 12.8 Å². The van der Waals surface area contributed by atoms with Gasteiger partial charge >= 0.3 is 0 Å². The van der Waals surface area contributed by atoms with E-state index >= 15 is 0 Å². The fourth-order valence-corrected chi connectivity index (χ4v) is 5.09. The monoisotopic (exact) mass is 308 g/mol. The smallest absolute Gasteiger partial charge is 0.214 e. The Kier molecular flexibility index (Phi) is 4.08. The number of benzene rings is 1. The van der Waals surface area contributed by atoms with Gasteiger partial charge in [0.05, 0.1) is 5.75 Å². The minimum absolute atomic E-state index is 0.314. The average Bonchev–Trinajstić information content (AvgIpc) is 2.90. The largest absolute Gasteiger partial charge is 0.308 e. The number of hydrogen-bond donors (Lipinski definition) is 1. The van der Waals surface area contributed by atoms with E-state index < -0.39 is 10.0 Å². The summed E-state index contributed by atoms with van der Waals surface area (Å²) in [6.07, 6.45) is 1.87. The molecule has 1 aromatic carbocycles. The van der Waals surface area contributed by atoms with Gasteiger partial charge in [0.25, 0.3) is 0 Å². The van der Waals surface area contributed by atoms with Crippen molar-refractivity contribution in [3.05, 3.63) is 34.9 Å². The number of nitrogens with zero attached hydrogens (tertiary/aromatic N) is 1. The Labute approximate surface area is 127 Å². The molecule has 21 heavy (non-hydrogen) atoms. The lowest BCUT2D eigenvalue weighted by molar-refractivity contribution is 0.378. The van der Waals surface area contributed by atoms with Crippen LogP contribution in [0.15, 0.2) is 18.2 Å². The van der Waals surface area contributed by atoms with Crippen molar-refractivity contribution in [2.24, 2.45) is 5.92 Å². The molecule has 2 atom stereocenters. The molecule has 2 unspecified atom stereocenters. The number of rotatable bonds is 4. The number of hydrogen-bond acceptors (Lipinski definition) is 3. The highest BCUT2D eigenvalue weighted by Crippen LogP contribution is 2.36. The van der Waals surface area contributed by atoms with E-state index in [1.54, 1.807) is 4.31 Å². The minimum Gasteiger partial charge on any atom is -0.308 e. The molecule has 5 heteroatoms. The van der Waals surface area contributed by atoms with Crippen LogP contribution in [-0.4, -0.2) is 38.1 Å². The van der Waals surface area contributed by atoms with E-state index in [4.69, 9.17) is 0 Å². The number of fused-ring (bicyclic) bond motifs is 1. The topological polar surface area (TPSA) is 49.4 Å². The molecule has 0 aromatic heterocycles. The van der Waals surface area contributed by atoms with E-state index in [1.165, 1.54) is 16.7 Å².